The molecule has 0 radical (unpaired) electrons. The Bertz CT molecular complexity index is 1250. The zero-order chi connectivity index (χ0) is 22.5. The first-order chi connectivity index (χ1) is 15.2. The summed E-state index contributed by atoms with van der Waals surface area (Å²) in [5.74, 6) is 0.385. The smallest absolute Gasteiger partial charge is 0.487 e. The second-order valence-corrected chi connectivity index (χ2v) is 9.80. The van der Waals surface area contributed by atoms with Crippen molar-refractivity contribution in [2.24, 2.45) is 23.5 Å². The Morgan fingerprint density at radius 2 is 2.19 bits per heavy atom. The van der Waals surface area contributed by atoms with Crippen LogP contribution in [0.4, 0.5) is 20.6 Å². The number of hydrogen-bond donors (Lipinski definition) is 3. The van der Waals surface area contributed by atoms with E-state index in [1.165, 1.54) is 6.20 Å². The van der Waals surface area contributed by atoms with Gasteiger partial charge in [0.1, 0.15) is 12.3 Å². The van der Waals surface area contributed by atoms with E-state index in [0.717, 1.165) is 19.3 Å². The SMILES string of the molecule is CC1COc2c(N3CC4C5CCC(N)(C5)C4C3)c(F)c(N)c3c(=O)c(OC(=O)O)cn1c23. The number of benzene rings is 1. The Morgan fingerprint density at radius 1 is 1.41 bits per heavy atom. The molecule has 0 spiro atoms. The van der Waals surface area contributed by atoms with Crippen molar-refractivity contribution in [3.63, 3.8) is 0 Å². The van der Waals surface area contributed by atoms with Crippen LogP contribution in [-0.4, -0.2) is 41.1 Å². The molecule has 2 aliphatic heterocycles. The van der Waals surface area contributed by atoms with Gasteiger partial charge in [0.25, 0.3) is 0 Å². The molecule has 1 saturated heterocycles. The number of halogens is 1. The van der Waals surface area contributed by atoms with Crippen LogP contribution in [0, 0.1) is 23.6 Å². The van der Waals surface area contributed by atoms with Gasteiger partial charge in [0, 0.05) is 18.6 Å². The Hall–Kier alpha value is -3.01. The number of fused-ring (bicyclic) bond motifs is 5. The fraction of sp³-hybridized carbons (Fsp3) is 0.545. The fourth-order valence-electron chi connectivity index (χ4n) is 6.70. The monoisotopic (exact) mass is 444 g/mol. The summed E-state index contributed by atoms with van der Waals surface area (Å²) in [6.45, 7) is 3.38. The van der Waals surface area contributed by atoms with E-state index in [0.29, 0.717) is 36.4 Å². The number of nitrogens with two attached hydrogens (primary N) is 2. The van der Waals surface area contributed by atoms with E-state index in [1.54, 1.807) is 4.57 Å². The largest absolute Gasteiger partial charge is 0.511 e. The van der Waals surface area contributed by atoms with Crippen LogP contribution in [0.3, 0.4) is 0 Å². The minimum Gasteiger partial charge on any atom is -0.487 e. The summed E-state index contributed by atoms with van der Waals surface area (Å²) in [6.07, 6.45) is 2.86. The van der Waals surface area contributed by atoms with Crippen molar-refractivity contribution >= 4 is 28.4 Å². The average molecular weight is 444 g/mol. The van der Waals surface area contributed by atoms with Gasteiger partial charge in [-0.05, 0) is 43.9 Å². The van der Waals surface area contributed by atoms with Crippen molar-refractivity contribution in [2.45, 2.75) is 37.8 Å². The predicted octanol–water partition coefficient (Wildman–Crippen LogP) is 2.30. The molecule has 1 aromatic heterocycles. The van der Waals surface area contributed by atoms with Crippen LogP contribution >= 0.6 is 0 Å². The van der Waals surface area contributed by atoms with E-state index in [9.17, 15) is 9.59 Å². The van der Waals surface area contributed by atoms with Crippen LogP contribution in [0.2, 0.25) is 0 Å². The topological polar surface area (TPSA) is 133 Å². The summed E-state index contributed by atoms with van der Waals surface area (Å²) in [6, 6.07) is -0.236. The molecule has 0 amide bonds. The van der Waals surface area contributed by atoms with Gasteiger partial charge in [-0.1, -0.05) is 0 Å². The first-order valence-corrected chi connectivity index (χ1v) is 11.0. The molecule has 2 bridgehead atoms. The summed E-state index contributed by atoms with van der Waals surface area (Å²) in [7, 11) is 0. The third-order valence-electron chi connectivity index (χ3n) is 8.14. The first-order valence-electron chi connectivity index (χ1n) is 11.0. The number of nitrogens with zero attached hydrogens (tertiary/aromatic N) is 2. The highest BCUT2D eigenvalue weighted by molar-refractivity contribution is 6.01. The van der Waals surface area contributed by atoms with Crippen molar-refractivity contribution in [1.82, 2.24) is 4.57 Å². The molecule has 6 rings (SSSR count). The van der Waals surface area contributed by atoms with Crippen molar-refractivity contribution in [1.29, 1.82) is 0 Å². The van der Waals surface area contributed by atoms with Gasteiger partial charge in [0.05, 0.1) is 28.8 Å². The number of carbonyl (C=O) groups is 1. The molecule has 5 unspecified atom stereocenters. The Kier molecular flexibility index (Phi) is 3.86. The maximum Gasteiger partial charge on any atom is 0.511 e. The zero-order valence-corrected chi connectivity index (χ0v) is 17.6. The van der Waals surface area contributed by atoms with Gasteiger partial charge in [-0.25, -0.2) is 9.18 Å². The molecule has 4 aliphatic rings. The molecule has 5 atom stereocenters. The number of carboxylic acid groups (broad SMARTS) is 1. The van der Waals surface area contributed by atoms with Gasteiger partial charge >= 0.3 is 6.16 Å². The summed E-state index contributed by atoms with van der Waals surface area (Å²) >= 11 is 0. The van der Waals surface area contributed by atoms with Crippen molar-refractivity contribution in [3.05, 3.63) is 22.2 Å². The summed E-state index contributed by atoms with van der Waals surface area (Å²) < 4.78 is 28.1. The summed E-state index contributed by atoms with van der Waals surface area (Å²) in [5, 5.41) is 8.88. The van der Waals surface area contributed by atoms with Gasteiger partial charge in [0.15, 0.2) is 17.3 Å². The molecule has 10 heteroatoms. The molecule has 32 heavy (non-hydrogen) atoms. The molecular weight excluding hydrogens is 419 g/mol. The molecule has 3 fully saturated rings. The molecule has 1 aromatic carbocycles. The second-order valence-electron chi connectivity index (χ2n) is 9.80. The number of aromatic nitrogens is 1. The lowest BCUT2D eigenvalue weighted by Crippen LogP contribution is -2.45. The third-order valence-corrected chi connectivity index (χ3v) is 8.14. The highest BCUT2D eigenvalue weighted by Gasteiger charge is 2.59. The van der Waals surface area contributed by atoms with Gasteiger partial charge in [0.2, 0.25) is 5.43 Å². The quantitative estimate of drug-likeness (QED) is 0.475. The van der Waals surface area contributed by atoms with Crippen LogP contribution in [-0.2, 0) is 0 Å². The van der Waals surface area contributed by atoms with Crippen LogP contribution in [0.15, 0.2) is 11.0 Å². The molecule has 2 saturated carbocycles. The van der Waals surface area contributed by atoms with E-state index < -0.39 is 23.2 Å². The van der Waals surface area contributed by atoms with Crippen LogP contribution < -0.4 is 31.3 Å². The zero-order valence-electron chi connectivity index (χ0n) is 17.6. The first kappa shape index (κ1) is 19.7. The lowest BCUT2D eigenvalue weighted by atomic mass is 9.78. The minimum atomic E-state index is -1.63. The van der Waals surface area contributed by atoms with Gasteiger partial charge in [-0.3, -0.25) is 4.79 Å². The number of pyridine rings is 1. The highest BCUT2D eigenvalue weighted by atomic mass is 19.1. The normalized spacial score (nSPS) is 32.3. The number of hydrogen-bond acceptors (Lipinski definition) is 7. The lowest BCUT2D eigenvalue weighted by molar-refractivity contribution is 0.143. The number of ether oxygens (including phenoxy) is 2. The van der Waals surface area contributed by atoms with E-state index >= 15 is 4.39 Å². The van der Waals surface area contributed by atoms with Gasteiger partial charge in [-0.15, -0.1) is 0 Å². The van der Waals surface area contributed by atoms with E-state index in [-0.39, 0.29) is 40.7 Å². The third kappa shape index (κ3) is 2.41. The molecule has 5 N–H and O–H groups in total. The van der Waals surface area contributed by atoms with Crippen LogP contribution in [0.5, 0.6) is 11.5 Å². The molecule has 3 heterocycles. The Balaban J connectivity index is 1.55. The van der Waals surface area contributed by atoms with E-state index in [1.807, 2.05) is 11.8 Å². The number of rotatable bonds is 2. The Labute approximate surface area is 182 Å². The average Bonchev–Trinajstić information content (AvgIpc) is 3.40. The number of anilines is 2. The lowest BCUT2D eigenvalue weighted by Gasteiger charge is -2.33. The maximum absolute atomic E-state index is 15.8. The predicted molar refractivity (Wildman–Crippen MR) is 115 cm³/mol. The van der Waals surface area contributed by atoms with Crippen LogP contribution in [0.25, 0.3) is 10.9 Å². The van der Waals surface area contributed by atoms with Gasteiger partial charge in [-0.2, -0.15) is 0 Å². The highest BCUT2D eigenvalue weighted by Crippen LogP contribution is 2.58. The Morgan fingerprint density at radius 3 is 2.91 bits per heavy atom. The van der Waals surface area contributed by atoms with Crippen molar-refractivity contribution < 1.29 is 23.8 Å². The molecule has 2 aliphatic carbocycles. The second kappa shape index (κ2) is 6.28. The molecule has 9 nitrogen and oxygen atoms in total. The molecular formula is C22H25FN4O5. The fourth-order valence-corrected chi connectivity index (χ4v) is 6.70. The number of nitrogen functional groups attached to an aromatic ring is 1. The summed E-state index contributed by atoms with van der Waals surface area (Å²) in [5.41, 5.74) is 12.2. The molecule has 170 valence electrons. The van der Waals surface area contributed by atoms with Gasteiger partial charge < -0.3 is 35.5 Å². The minimum absolute atomic E-state index is 0.124. The van der Waals surface area contributed by atoms with E-state index in [4.69, 9.17) is 21.3 Å². The van der Waals surface area contributed by atoms with Crippen molar-refractivity contribution in [3.8, 4) is 11.5 Å². The maximum atomic E-state index is 15.8. The van der Waals surface area contributed by atoms with E-state index in [2.05, 4.69) is 4.74 Å². The van der Waals surface area contributed by atoms with Crippen LogP contribution in [0.1, 0.15) is 32.2 Å². The van der Waals surface area contributed by atoms with Crippen molar-refractivity contribution in [2.75, 3.05) is 30.3 Å². The summed E-state index contributed by atoms with van der Waals surface area (Å²) in [4.78, 5) is 26.0. The standard InChI is InChI=1S/C22H25FN4O5/c1-9-8-31-20-17-14(19(28)13(7-27(9)17)32-21(29)30)16(24)15(23)18(20)26-5-11-10-2-3-22(25,4-10)12(11)6-26/h7,9-12H,2-6,8,24-25H2,1H3,(H,29,30). The molecule has 2 aromatic rings.